The van der Waals surface area contributed by atoms with Gasteiger partial charge in [-0.15, -0.1) is 0 Å². The molecule has 0 unspecified atom stereocenters. The van der Waals surface area contributed by atoms with Crippen LogP contribution in [0.4, 0.5) is 4.79 Å². The number of piperidine rings is 1. The van der Waals surface area contributed by atoms with Gasteiger partial charge in [-0.1, -0.05) is 0 Å². The fourth-order valence-corrected chi connectivity index (χ4v) is 1.67. The number of ether oxygens (including phenoxy) is 1. The molecule has 1 rings (SSSR count). The highest BCUT2D eigenvalue weighted by Crippen LogP contribution is 2.08. The van der Waals surface area contributed by atoms with Gasteiger partial charge in [-0.3, -0.25) is 4.79 Å². The SMILES string of the molecule is COC(=O)N(C)CC(=O)N1CCCCC1. The molecule has 1 saturated heterocycles. The molecule has 2 amide bonds. The predicted molar refractivity (Wildman–Crippen MR) is 55.5 cm³/mol. The second-order valence-corrected chi connectivity index (χ2v) is 3.77. The minimum atomic E-state index is -0.472. The Balaban J connectivity index is 2.36. The maximum absolute atomic E-state index is 11.7. The van der Waals surface area contributed by atoms with Crippen LogP contribution in [0.3, 0.4) is 0 Å². The summed E-state index contributed by atoms with van der Waals surface area (Å²) >= 11 is 0. The van der Waals surface area contributed by atoms with E-state index in [1.807, 2.05) is 4.90 Å². The molecule has 0 bridgehead atoms. The largest absolute Gasteiger partial charge is 0.453 e. The molecular formula is C10H18N2O3. The zero-order chi connectivity index (χ0) is 11.3. The molecule has 0 atom stereocenters. The van der Waals surface area contributed by atoms with Crippen LogP contribution in [0.15, 0.2) is 0 Å². The zero-order valence-electron chi connectivity index (χ0n) is 9.36. The number of nitrogens with zero attached hydrogens (tertiary/aromatic N) is 2. The Bertz CT molecular complexity index is 237. The van der Waals surface area contributed by atoms with E-state index < -0.39 is 6.09 Å². The Kier molecular flexibility index (Phi) is 4.39. The van der Waals surface area contributed by atoms with Crippen LogP contribution in [-0.2, 0) is 9.53 Å². The van der Waals surface area contributed by atoms with Crippen LogP contribution in [0.1, 0.15) is 19.3 Å². The minimum Gasteiger partial charge on any atom is -0.453 e. The second-order valence-electron chi connectivity index (χ2n) is 3.77. The average Bonchev–Trinajstić information content (AvgIpc) is 2.29. The van der Waals surface area contributed by atoms with Crippen molar-refractivity contribution in [3.05, 3.63) is 0 Å². The lowest BCUT2D eigenvalue weighted by Crippen LogP contribution is -2.43. The van der Waals surface area contributed by atoms with E-state index in [0.717, 1.165) is 25.9 Å². The average molecular weight is 214 g/mol. The summed E-state index contributed by atoms with van der Waals surface area (Å²) in [6.45, 7) is 1.73. The van der Waals surface area contributed by atoms with Crippen molar-refractivity contribution in [2.45, 2.75) is 19.3 Å². The molecule has 1 heterocycles. The Labute approximate surface area is 90.0 Å². The first kappa shape index (κ1) is 11.8. The van der Waals surface area contributed by atoms with E-state index in [-0.39, 0.29) is 12.5 Å². The molecule has 0 saturated carbocycles. The number of hydrogen-bond acceptors (Lipinski definition) is 3. The van der Waals surface area contributed by atoms with Gasteiger partial charge in [0.05, 0.1) is 7.11 Å². The number of carbonyl (C=O) groups excluding carboxylic acids is 2. The maximum Gasteiger partial charge on any atom is 0.409 e. The third-order valence-electron chi connectivity index (χ3n) is 2.57. The highest BCUT2D eigenvalue weighted by molar-refractivity contribution is 5.82. The smallest absolute Gasteiger partial charge is 0.409 e. The Morgan fingerprint density at radius 3 is 2.40 bits per heavy atom. The van der Waals surface area contributed by atoms with Crippen molar-refractivity contribution in [1.82, 2.24) is 9.80 Å². The number of rotatable bonds is 2. The summed E-state index contributed by atoms with van der Waals surface area (Å²) in [5, 5.41) is 0. The summed E-state index contributed by atoms with van der Waals surface area (Å²) in [5.74, 6) is 0.00241. The van der Waals surface area contributed by atoms with Gasteiger partial charge >= 0.3 is 6.09 Å². The summed E-state index contributed by atoms with van der Waals surface area (Å²) < 4.78 is 4.52. The van der Waals surface area contributed by atoms with Gasteiger partial charge in [-0.2, -0.15) is 0 Å². The van der Waals surface area contributed by atoms with Crippen molar-refractivity contribution in [2.24, 2.45) is 0 Å². The monoisotopic (exact) mass is 214 g/mol. The highest BCUT2D eigenvalue weighted by Gasteiger charge is 2.19. The Morgan fingerprint density at radius 1 is 1.27 bits per heavy atom. The standard InChI is InChI=1S/C10H18N2O3/c1-11(10(14)15-2)8-9(13)12-6-4-3-5-7-12/h3-8H2,1-2H3. The lowest BCUT2D eigenvalue weighted by atomic mass is 10.1. The van der Waals surface area contributed by atoms with E-state index in [0.29, 0.717) is 0 Å². The van der Waals surface area contributed by atoms with Crippen molar-refractivity contribution in [3.63, 3.8) is 0 Å². The molecule has 0 aliphatic carbocycles. The van der Waals surface area contributed by atoms with Gasteiger partial charge in [0.1, 0.15) is 6.54 Å². The summed E-state index contributed by atoms with van der Waals surface area (Å²) in [5.41, 5.74) is 0. The van der Waals surface area contributed by atoms with E-state index in [4.69, 9.17) is 0 Å². The molecule has 5 nitrogen and oxygen atoms in total. The third kappa shape index (κ3) is 3.42. The lowest BCUT2D eigenvalue weighted by Gasteiger charge is -2.28. The van der Waals surface area contributed by atoms with Crippen LogP contribution in [-0.4, -0.2) is 55.6 Å². The minimum absolute atomic E-state index is 0.00241. The number of amides is 2. The molecule has 1 fully saturated rings. The normalized spacial score (nSPS) is 16.0. The van der Waals surface area contributed by atoms with Crippen LogP contribution in [0.2, 0.25) is 0 Å². The molecule has 0 spiro atoms. The van der Waals surface area contributed by atoms with Crippen LogP contribution in [0.25, 0.3) is 0 Å². The summed E-state index contributed by atoms with van der Waals surface area (Å²) in [6.07, 6.45) is 2.85. The lowest BCUT2D eigenvalue weighted by molar-refractivity contribution is -0.132. The molecular weight excluding hydrogens is 196 g/mol. The molecule has 0 aromatic carbocycles. The van der Waals surface area contributed by atoms with Gasteiger partial charge < -0.3 is 14.5 Å². The quantitative estimate of drug-likeness (QED) is 0.679. The van der Waals surface area contributed by atoms with Gasteiger partial charge in [0.2, 0.25) is 5.91 Å². The van der Waals surface area contributed by atoms with Crippen molar-refractivity contribution < 1.29 is 14.3 Å². The number of carbonyl (C=O) groups is 2. The van der Waals surface area contributed by atoms with Gasteiger partial charge in [0.25, 0.3) is 0 Å². The molecule has 0 N–H and O–H groups in total. The van der Waals surface area contributed by atoms with E-state index >= 15 is 0 Å². The number of likely N-dealkylation sites (tertiary alicyclic amines) is 1. The van der Waals surface area contributed by atoms with Crippen molar-refractivity contribution in [3.8, 4) is 0 Å². The first-order valence-electron chi connectivity index (χ1n) is 5.22. The van der Waals surface area contributed by atoms with Gasteiger partial charge in [-0.05, 0) is 19.3 Å². The van der Waals surface area contributed by atoms with Crippen LogP contribution < -0.4 is 0 Å². The topological polar surface area (TPSA) is 49.9 Å². The highest BCUT2D eigenvalue weighted by atomic mass is 16.5. The summed E-state index contributed by atoms with van der Waals surface area (Å²) in [7, 11) is 2.87. The predicted octanol–water partition coefficient (Wildman–Crippen LogP) is 0.697. The first-order valence-corrected chi connectivity index (χ1v) is 5.22. The molecule has 0 aromatic heterocycles. The van der Waals surface area contributed by atoms with E-state index in [2.05, 4.69) is 4.74 Å². The Hall–Kier alpha value is -1.26. The van der Waals surface area contributed by atoms with Crippen molar-refractivity contribution in [2.75, 3.05) is 33.8 Å². The molecule has 15 heavy (non-hydrogen) atoms. The van der Waals surface area contributed by atoms with Gasteiger partial charge in [0.15, 0.2) is 0 Å². The second kappa shape index (κ2) is 5.58. The summed E-state index contributed by atoms with van der Waals surface area (Å²) in [4.78, 5) is 25.9. The van der Waals surface area contributed by atoms with Crippen LogP contribution in [0, 0.1) is 0 Å². The fraction of sp³-hybridized carbons (Fsp3) is 0.800. The molecule has 86 valence electrons. The molecule has 0 aromatic rings. The number of likely N-dealkylation sites (N-methyl/N-ethyl adjacent to an activating group) is 1. The van der Waals surface area contributed by atoms with Gasteiger partial charge in [0, 0.05) is 20.1 Å². The zero-order valence-corrected chi connectivity index (χ0v) is 9.36. The maximum atomic E-state index is 11.7. The number of methoxy groups -OCH3 is 1. The van der Waals surface area contributed by atoms with E-state index in [1.54, 1.807) is 7.05 Å². The molecule has 0 radical (unpaired) electrons. The number of hydrogen-bond donors (Lipinski definition) is 0. The summed E-state index contributed by atoms with van der Waals surface area (Å²) in [6, 6.07) is 0. The van der Waals surface area contributed by atoms with E-state index in [9.17, 15) is 9.59 Å². The van der Waals surface area contributed by atoms with Crippen molar-refractivity contribution in [1.29, 1.82) is 0 Å². The molecule has 5 heteroatoms. The first-order chi connectivity index (χ1) is 7.15. The molecule has 1 aliphatic heterocycles. The molecule has 1 aliphatic rings. The third-order valence-corrected chi connectivity index (χ3v) is 2.57. The Morgan fingerprint density at radius 2 is 1.87 bits per heavy atom. The van der Waals surface area contributed by atoms with Crippen LogP contribution >= 0.6 is 0 Å². The van der Waals surface area contributed by atoms with Crippen molar-refractivity contribution >= 4 is 12.0 Å². The fourth-order valence-electron chi connectivity index (χ4n) is 1.67. The van der Waals surface area contributed by atoms with Gasteiger partial charge in [-0.25, -0.2) is 4.79 Å². The van der Waals surface area contributed by atoms with E-state index in [1.165, 1.54) is 18.4 Å². The van der Waals surface area contributed by atoms with Crippen LogP contribution in [0.5, 0.6) is 0 Å².